The van der Waals surface area contributed by atoms with E-state index in [4.69, 9.17) is 0 Å². The third-order valence-electron chi connectivity index (χ3n) is 2.35. The molecule has 0 aromatic heterocycles. The molecule has 1 atom stereocenters. The fourth-order valence-electron chi connectivity index (χ4n) is 1.56. The number of rotatable bonds is 4. The Hall–Kier alpha value is -0.330. The Morgan fingerprint density at radius 3 is 2.71 bits per heavy atom. The van der Waals surface area contributed by atoms with Gasteiger partial charge in [0.15, 0.2) is 0 Å². The van der Waals surface area contributed by atoms with Gasteiger partial charge in [0, 0.05) is 19.1 Å². The van der Waals surface area contributed by atoms with Crippen LogP contribution in [-0.2, 0) is 4.74 Å². The number of hydrogen-bond donors (Lipinski definition) is 1. The van der Waals surface area contributed by atoms with Crippen LogP contribution in [0.1, 0.15) is 6.42 Å². The van der Waals surface area contributed by atoms with Crippen LogP contribution < -0.4 is 5.32 Å². The molecule has 1 N–H and O–H groups in total. The minimum absolute atomic E-state index is 0.278. The number of alkyl halides is 3. The van der Waals surface area contributed by atoms with Crippen LogP contribution in [-0.4, -0.2) is 50.6 Å². The van der Waals surface area contributed by atoms with Gasteiger partial charge in [-0.3, -0.25) is 9.64 Å². The van der Waals surface area contributed by atoms with Crippen molar-refractivity contribution in [2.45, 2.75) is 18.8 Å². The average Bonchev–Trinajstić information content (AvgIpc) is 2.50. The van der Waals surface area contributed by atoms with Crippen LogP contribution in [0.15, 0.2) is 0 Å². The number of hydrogen-bond acceptors (Lipinski definition) is 3. The molecule has 1 unspecified atom stereocenters. The molecule has 3 nitrogen and oxygen atoms in total. The molecule has 1 fully saturated rings. The Balaban J connectivity index is 2.09. The maximum Gasteiger partial charge on any atom is 0.522 e. The maximum atomic E-state index is 11.6. The first-order chi connectivity index (χ1) is 6.51. The summed E-state index contributed by atoms with van der Waals surface area (Å²) in [5, 5.41) is 3.10. The molecule has 84 valence electrons. The molecule has 0 aromatic carbocycles. The van der Waals surface area contributed by atoms with Crippen LogP contribution in [0.25, 0.3) is 0 Å². The normalized spacial score (nSPS) is 24.4. The van der Waals surface area contributed by atoms with Crippen LogP contribution >= 0.6 is 0 Å². The molecule has 1 saturated heterocycles. The fourth-order valence-corrected chi connectivity index (χ4v) is 1.56. The molecule has 0 aromatic rings. The SMILES string of the molecule is CNC1CCN(CCOC(F)(F)F)C1. The van der Waals surface area contributed by atoms with Gasteiger partial charge in [-0.15, -0.1) is 13.2 Å². The summed E-state index contributed by atoms with van der Waals surface area (Å²) in [4.78, 5) is 1.97. The lowest BCUT2D eigenvalue weighted by atomic mass is 10.3. The quantitative estimate of drug-likeness (QED) is 0.746. The molecular weight excluding hydrogens is 197 g/mol. The Morgan fingerprint density at radius 2 is 2.21 bits per heavy atom. The largest absolute Gasteiger partial charge is 0.522 e. The van der Waals surface area contributed by atoms with Crippen molar-refractivity contribution >= 4 is 0 Å². The first kappa shape index (κ1) is 11.7. The van der Waals surface area contributed by atoms with E-state index in [0.717, 1.165) is 19.5 Å². The average molecular weight is 212 g/mol. The van der Waals surface area contributed by atoms with E-state index in [-0.39, 0.29) is 6.61 Å². The molecule has 0 saturated carbocycles. The van der Waals surface area contributed by atoms with Gasteiger partial charge in [-0.2, -0.15) is 0 Å². The molecule has 1 aliphatic heterocycles. The highest BCUT2D eigenvalue weighted by molar-refractivity contribution is 4.79. The summed E-state index contributed by atoms with van der Waals surface area (Å²) < 4.78 is 38.6. The standard InChI is InChI=1S/C8H15F3N2O/c1-12-7-2-3-13(6-7)4-5-14-8(9,10)11/h7,12H,2-6H2,1H3. The summed E-state index contributed by atoms with van der Waals surface area (Å²) in [6.45, 7) is 1.71. The number of halogens is 3. The second kappa shape index (κ2) is 4.95. The van der Waals surface area contributed by atoms with Crippen LogP contribution in [0.5, 0.6) is 0 Å². The number of ether oxygens (including phenoxy) is 1. The summed E-state index contributed by atoms with van der Waals surface area (Å²) in [6, 6.07) is 0.404. The van der Waals surface area contributed by atoms with E-state index >= 15 is 0 Å². The van der Waals surface area contributed by atoms with Gasteiger partial charge < -0.3 is 5.32 Å². The number of likely N-dealkylation sites (N-methyl/N-ethyl adjacent to an activating group) is 1. The summed E-state index contributed by atoms with van der Waals surface area (Å²) in [5.74, 6) is 0. The van der Waals surface area contributed by atoms with Crippen molar-refractivity contribution in [2.24, 2.45) is 0 Å². The Bertz CT molecular complexity index is 174. The number of nitrogens with zero attached hydrogens (tertiary/aromatic N) is 1. The van der Waals surface area contributed by atoms with Gasteiger partial charge in [-0.25, -0.2) is 0 Å². The van der Waals surface area contributed by atoms with Crippen LogP contribution in [0.4, 0.5) is 13.2 Å². The highest BCUT2D eigenvalue weighted by Crippen LogP contribution is 2.16. The van der Waals surface area contributed by atoms with E-state index in [1.165, 1.54) is 0 Å². The van der Waals surface area contributed by atoms with E-state index in [1.807, 2.05) is 11.9 Å². The van der Waals surface area contributed by atoms with Crippen molar-refractivity contribution in [2.75, 3.05) is 33.3 Å². The number of likely N-dealkylation sites (tertiary alicyclic amines) is 1. The van der Waals surface area contributed by atoms with Crippen molar-refractivity contribution in [1.29, 1.82) is 0 Å². The minimum atomic E-state index is -4.50. The summed E-state index contributed by atoms with van der Waals surface area (Å²) in [7, 11) is 1.86. The van der Waals surface area contributed by atoms with Crippen molar-refractivity contribution in [3.63, 3.8) is 0 Å². The smallest absolute Gasteiger partial charge is 0.316 e. The van der Waals surface area contributed by atoms with Crippen LogP contribution in [0.2, 0.25) is 0 Å². The Morgan fingerprint density at radius 1 is 1.50 bits per heavy atom. The van der Waals surface area contributed by atoms with Gasteiger partial charge in [0.05, 0.1) is 6.61 Å². The summed E-state index contributed by atoms with van der Waals surface area (Å²) in [6.07, 6.45) is -3.51. The van der Waals surface area contributed by atoms with Gasteiger partial charge in [0.1, 0.15) is 0 Å². The van der Waals surface area contributed by atoms with E-state index in [9.17, 15) is 13.2 Å². The molecule has 0 radical (unpaired) electrons. The lowest BCUT2D eigenvalue weighted by Gasteiger charge is -2.16. The third-order valence-corrected chi connectivity index (χ3v) is 2.35. The van der Waals surface area contributed by atoms with Crippen molar-refractivity contribution < 1.29 is 17.9 Å². The zero-order chi connectivity index (χ0) is 10.6. The van der Waals surface area contributed by atoms with Gasteiger partial charge in [-0.1, -0.05) is 0 Å². The summed E-state index contributed by atoms with van der Waals surface area (Å²) in [5.41, 5.74) is 0. The zero-order valence-corrected chi connectivity index (χ0v) is 8.10. The van der Waals surface area contributed by atoms with Crippen molar-refractivity contribution in [3.8, 4) is 0 Å². The molecule has 14 heavy (non-hydrogen) atoms. The molecule has 1 aliphatic rings. The van der Waals surface area contributed by atoms with Gasteiger partial charge in [0.2, 0.25) is 0 Å². The first-order valence-electron chi connectivity index (χ1n) is 4.61. The molecule has 1 rings (SSSR count). The summed E-state index contributed by atoms with van der Waals surface area (Å²) >= 11 is 0. The monoisotopic (exact) mass is 212 g/mol. The topological polar surface area (TPSA) is 24.5 Å². The third kappa shape index (κ3) is 4.26. The molecule has 0 spiro atoms. The molecule has 0 aliphatic carbocycles. The zero-order valence-electron chi connectivity index (χ0n) is 8.10. The van der Waals surface area contributed by atoms with Crippen molar-refractivity contribution in [1.82, 2.24) is 10.2 Å². The first-order valence-corrected chi connectivity index (χ1v) is 4.61. The second-order valence-corrected chi connectivity index (χ2v) is 3.37. The van der Waals surface area contributed by atoms with E-state index in [2.05, 4.69) is 10.1 Å². The lowest BCUT2D eigenvalue weighted by Crippen LogP contribution is -2.32. The molecule has 6 heteroatoms. The fraction of sp³-hybridized carbons (Fsp3) is 1.00. The molecular formula is C8H15F3N2O. The molecule has 0 amide bonds. The predicted octanol–water partition coefficient (Wildman–Crippen LogP) is 0.816. The van der Waals surface area contributed by atoms with Gasteiger partial charge in [-0.05, 0) is 20.0 Å². The highest BCUT2D eigenvalue weighted by atomic mass is 19.4. The van der Waals surface area contributed by atoms with Gasteiger partial charge in [0.25, 0.3) is 0 Å². The minimum Gasteiger partial charge on any atom is -0.316 e. The lowest BCUT2D eigenvalue weighted by molar-refractivity contribution is -0.324. The highest BCUT2D eigenvalue weighted by Gasteiger charge is 2.29. The maximum absolute atomic E-state index is 11.6. The van der Waals surface area contributed by atoms with E-state index in [1.54, 1.807) is 0 Å². The van der Waals surface area contributed by atoms with Crippen molar-refractivity contribution in [3.05, 3.63) is 0 Å². The van der Waals surface area contributed by atoms with Crippen LogP contribution in [0, 0.1) is 0 Å². The Labute approximate surface area is 81.2 Å². The van der Waals surface area contributed by atoms with Gasteiger partial charge >= 0.3 is 6.36 Å². The van der Waals surface area contributed by atoms with E-state index < -0.39 is 6.36 Å². The molecule has 0 bridgehead atoms. The number of nitrogens with one attached hydrogen (secondary N) is 1. The Kier molecular flexibility index (Phi) is 4.15. The molecule has 1 heterocycles. The van der Waals surface area contributed by atoms with Crippen LogP contribution in [0.3, 0.4) is 0 Å². The predicted molar refractivity (Wildman–Crippen MR) is 45.9 cm³/mol. The van der Waals surface area contributed by atoms with E-state index in [0.29, 0.717) is 12.6 Å². The second-order valence-electron chi connectivity index (χ2n) is 3.37.